The average Bonchev–Trinajstić information content (AvgIpc) is 3.07. The molecule has 2 saturated heterocycles. The minimum atomic E-state index is 0. The fourth-order valence-electron chi connectivity index (χ4n) is 3.85. The van der Waals surface area contributed by atoms with Crippen molar-refractivity contribution in [3.05, 3.63) is 18.2 Å². The van der Waals surface area contributed by atoms with Crippen molar-refractivity contribution >= 4 is 36.4 Å². The minimum Gasteiger partial charge on any atom is -0.497 e. The number of carbonyl (C=O) groups is 1. The number of hydrogen-bond donors (Lipinski definition) is 1. The third-order valence-corrected chi connectivity index (χ3v) is 5.48. The maximum absolute atomic E-state index is 12.6. The number of anilines is 1. The first-order valence-corrected chi connectivity index (χ1v) is 9.66. The van der Waals surface area contributed by atoms with E-state index in [1.54, 1.807) is 14.2 Å². The Morgan fingerprint density at radius 3 is 2.39 bits per heavy atom. The highest BCUT2D eigenvalue weighted by Gasteiger charge is 2.22. The Bertz CT molecular complexity index is 590. The molecule has 0 saturated carbocycles. The molecule has 6 nitrogen and oxygen atoms in total. The molecule has 2 aliphatic heterocycles. The molecule has 1 aromatic rings. The molecule has 0 radical (unpaired) electrons. The molecule has 1 N–H and O–H groups in total. The van der Waals surface area contributed by atoms with E-state index in [0.717, 1.165) is 69.3 Å². The molecule has 0 aliphatic carbocycles. The van der Waals surface area contributed by atoms with Crippen molar-refractivity contribution in [1.82, 2.24) is 10.2 Å². The molecule has 1 unspecified atom stereocenters. The molecule has 1 amide bonds. The van der Waals surface area contributed by atoms with Crippen LogP contribution in [0, 0.1) is 5.92 Å². The van der Waals surface area contributed by atoms with E-state index in [2.05, 4.69) is 10.2 Å². The van der Waals surface area contributed by atoms with E-state index >= 15 is 0 Å². The van der Waals surface area contributed by atoms with Gasteiger partial charge in [-0.25, -0.2) is 0 Å². The number of benzene rings is 1. The van der Waals surface area contributed by atoms with Crippen LogP contribution in [0.5, 0.6) is 11.5 Å². The smallest absolute Gasteiger partial charge is 0.222 e. The predicted octanol–water partition coefficient (Wildman–Crippen LogP) is 2.98. The normalized spacial score (nSPS) is 19.3. The van der Waals surface area contributed by atoms with E-state index in [1.165, 1.54) is 6.42 Å². The monoisotopic (exact) mass is 433 g/mol. The standard InChI is InChI=1S/C20H31N3O3.2ClH/c1-25-18-12-17(13-19(14-18)26-2)22-8-3-9-23(11-10-22)20(24)5-4-16-6-7-21-15-16;;/h12-14,16,21H,3-11,15H2,1-2H3;2*1H. The highest BCUT2D eigenvalue weighted by molar-refractivity contribution is 5.85. The molecule has 3 rings (SSSR count). The van der Waals surface area contributed by atoms with Crippen LogP contribution in [-0.4, -0.2) is 64.3 Å². The Morgan fingerprint density at radius 1 is 1.07 bits per heavy atom. The lowest BCUT2D eigenvalue weighted by Gasteiger charge is -2.25. The SMILES string of the molecule is COc1cc(OC)cc(N2CCCN(C(=O)CCC3CCNC3)CC2)c1.Cl.Cl. The van der Waals surface area contributed by atoms with Gasteiger partial charge in [0.25, 0.3) is 0 Å². The number of methoxy groups -OCH3 is 2. The summed E-state index contributed by atoms with van der Waals surface area (Å²) >= 11 is 0. The largest absolute Gasteiger partial charge is 0.497 e. The summed E-state index contributed by atoms with van der Waals surface area (Å²) in [6.45, 7) is 5.57. The van der Waals surface area contributed by atoms with Crippen molar-refractivity contribution < 1.29 is 14.3 Å². The summed E-state index contributed by atoms with van der Waals surface area (Å²) in [6, 6.07) is 5.95. The fraction of sp³-hybridized carbons (Fsp3) is 0.650. The molecule has 28 heavy (non-hydrogen) atoms. The minimum absolute atomic E-state index is 0. The van der Waals surface area contributed by atoms with Crippen LogP contribution in [0.3, 0.4) is 0 Å². The number of hydrogen-bond acceptors (Lipinski definition) is 5. The van der Waals surface area contributed by atoms with Crippen LogP contribution < -0.4 is 19.7 Å². The van der Waals surface area contributed by atoms with Crippen molar-refractivity contribution in [1.29, 1.82) is 0 Å². The molecule has 1 atom stereocenters. The van der Waals surface area contributed by atoms with Gasteiger partial charge in [0.15, 0.2) is 0 Å². The summed E-state index contributed by atoms with van der Waals surface area (Å²) in [5, 5.41) is 3.38. The van der Waals surface area contributed by atoms with E-state index < -0.39 is 0 Å². The zero-order chi connectivity index (χ0) is 18.4. The molecule has 1 aromatic carbocycles. The van der Waals surface area contributed by atoms with Gasteiger partial charge in [0.2, 0.25) is 5.91 Å². The zero-order valence-electron chi connectivity index (χ0n) is 16.8. The van der Waals surface area contributed by atoms with E-state index in [9.17, 15) is 4.79 Å². The molecule has 2 aliphatic rings. The van der Waals surface area contributed by atoms with Crippen molar-refractivity contribution in [2.75, 3.05) is 58.4 Å². The molecule has 2 heterocycles. The Hall–Kier alpha value is -1.37. The van der Waals surface area contributed by atoms with Crippen LogP contribution in [0.25, 0.3) is 0 Å². The third kappa shape index (κ3) is 6.61. The second kappa shape index (κ2) is 12.2. The summed E-state index contributed by atoms with van der Waals surface area (Å²) in [5.74, 6) is 2.57. The summed E-state index contributed by atoms with van der Waals surface area (Å²) in [4.78, 5) is 17.0. The maximum atomic E-state index is 12.6. The Labute approximate surface area is 180 Å². The van der Waals surface area contributed by atoms with Gasteiger partial charge in [-0.15, -0.1) is 24.8 Å². The topological polar surface area (TPSA) is 54.0 Å². The maximum Gasteiger partial charge on any atom is 0.222 e. The summed E-state index contributed by atoms with van der Waals surface area (Å²) in [6.07, 6.45) is 3.88. The molecular weight excluding hydrogens is 401 g/mol. The lowest BCUT2D eigenvalue weighted by molar-refractivity contribution is -0.131. The van der Waals surface area contributed by atoms with Crippen LogP contribution in [0.4, 0.5) is 5.69 Å². The van der Waals surface area contributed by atoms with Crippen molar-refractivity contribution in [3.63, 3.8) is 0 Å². The van der Waals surface area contributed by atoms with Gasteiger partial charge in [0, 0.05) is 56.5 Å². The van der Waals surface area contributed by atoms with E-state index in [4.69, 9.17) is 9.47 Å². The van der Waals surface area contributed by atoms with Crippen molar-refractivity contribution in [2.24, 2.45) is 5.92 Å². The van der Waals surface area contributed by atoms with Crippen LogP contribution >= 0.6 is 24.8 Å². The molecule has 0 aromatic heterocycles. The quantitative estimate of drug-likeness (QED) is 0.746. The van der Waals surface area contributed by atoms with Gasteiger partial charge in [0.05, 0.1) is 14.2 Å². The molecule has 160 valence electrons. The molecular formula is C20H33Cl2N3O3. The number of carbonyl (C=O) groups excluding carboxylic acids is 1. The second-order valence-corrected chi connectivity index (χ2v) is 7.19. The highest BCUT2D eigenvalue weighted by atomic mass is 35.5. The number of nitrogens with one attached hydrogen (secondary N) is 1. The highest BCUT2D eigenvalue weighted by Crippen LogP contribution is 2.29. The van der Waals surface area contributed by atoms with Gasteiger partial charge in [-0.3, -0.25) is 4.79 Å². The van der Waals surface area contributed by atoms with Gasteiger partial charge < -0.3 is 24.6 Å². The summed E-state index contributed by atoms with van der Waals surface area (Å²) in [7, 11) is 3.34. The molecule has 0 spiro atoms. The fourth-order valence-corrected chi connectivity index (χ4v) is 3.85. The number of ether oxygens (including phenoxy) is 2. The van der Waals surface area contributed by atoms with Crippen LogP contribution in [-0.2, 0) is 4.79 Å². The summed E-state index contributed by atoms with van der Waals surface area (Å²) < 4.78 is 10.8. The molecule has 0 bridgehead atoms. The van der Waals surface area contributed by atoms with E-state index in [1.807, 2.05) is 23.1 Å². The first kappa shape index (κ1) is 24.7. The first-order valence-electron chi connectivity index (χ1n) is 9.66. The summed E-state index contributed by atoms with van der Waals surface area (Å²) in [5.41, 5.74) is 1.09. The number of amides is 1. The van der Waals surface area contributed by atoms with Gasteiger partial charge in [-0.2, -0.15) is 0 Å². The Morgan fingerprint density at radius 2 is 1.79 bits per heavy atom. The average molecular weight is 434 g/mol. The number of halogens is 2. The third-order valence-electron chi connectivity index (χ3n) is 5.48. The lowest BCUT2D eigenvalue weighted by Crippen LogP contribution is -2.35. The molecule has 8 heteroatoms. The van der Waals surface area contributed by atoms with Gasteiger partial charge in [-0.1, -0.05) is 0 Å². The first-order chi connectivity index (χ1) is 12.7. The van der Waals surface area contributed by atoms with Crippen molar-refractivity contribution in [2.45, 2.75) is 25.7 Å². The van der Waals surface area contributed by atoms with E-state index in [0.29, 0.717) is 18.2 Å². The molecule has 2 fully saturated rings. The van der Waals surface area contributed by atoms with Crippen molar-refractivity contribution in [3.8, 4) is 11.5 Å². The zero-order valence-corrected chi connectivity index (χ0v) is 18.4. The van der Waals surface area contributed by atoms with Crippen LogP contribution in [0.2, 0.25) is 0 Å². The van der Waals surface area contributed by atoms with Gasteiger partial charge in [-0.05, 0) is 38.3 Å². The Kier molecular flexibility index (Phi) is 10.8. The van der Waals surface area contributed by atoms with Gasteiger partial charge in [0.1, 0.15) is 11.5 Å². The van der Waals surface area contributed by atoms with Crippen LogP contribution in [0.15, 0.2) is 18.2 Å². The number of nitrogens with zero attached hydrogens (tertiary/aromatic N) is 2. The lowest BCUT2D eigenvalue weighted by atomic mass is 10.0. The van der Waals surface area contributed by atoms with E-state index in [-0.39, 0.29) is 24.8 Å². The van der Waals surface area contributed by atoms with Crippen LogP contribution in [0.1, 0.15) is 25.7 Å². The Balaban J connectivity index is 0.00000196. The number of rotatable bonds is 6. The van der Waals surface area contributed by atoms with Gasteiger partial charge >= 0.3 is 0 Å². The second-order valence-electron chi connectivity index (χ2n) is 7.19. The predicted molar refractivity (Wildman–Crippen MR) is 118 cm³/mol.